The highest BCUT2D eigenvalue weighted by Gasteiger charge is 2.27. The SMILES string of the molecule is O=C(Cn1ccnc1)N1c2ccccc2Sc2ccccc21. The van der Waals surface area contributed by atoms with Gasteiger partial charge in [0, 0.05) is 22.2 Å². The topological polar surface area (TPSA) is 38.1 Å². The van der Waals surface area contributed by atoms with Gasteiger partial charge in [0.15, 0.2) is 0 Å². The van der Waals surface area contributed by atoms with Gasteiger partial charge in [0.05, 0.1) is 17.7 Å². The number of rotatable bonds is 2. The number of para-hydroxylation sites is 2. The van der Waals surface area contributed by atoms with Gasteiger partial charge in [-0.15, -0.1) is 0 Å². The number of carbonyl (C=O) groups excluding carboxylic acids is 1. The molecule has 2 heterocycles. The summed E-state index contributed by atoms with van der Waals surface area (Å²) in [5.74, 6) is 0.0261. The van der Waals surface area contributed by atoms with Gasteiger partial charge in [-0.25, -0.2) is 4.98 Å². The molecule has 0 bridgehead atoms. The van der Waals surface area contributed by atoms with Gasteiger partial charge in [0.25, 0.3) is 5.91 Å². The number of anilines is 2. The summed E-state index contributed by atoms with van der Waals surface area (Å²) < 4.78 is 1.79. The third kappa shape index (κ3) is 2.19. The van der Waals surface area contributed by atoms with Gasteiger partial charge in [0.1, 0.15) is 6.54 Å². The summed E-state index contributed by atoms with van der Waals surface area (Å²) in [5, 5.41) is 0. The van der Waals surface area contributed by atoms with E-state index in [0.29, 0.717) is 0 Å². The average molecular weight is 307 g/mol. The predicted octanol–water partition coefficient (Wildman–Crippen LogP) is 3.71. The molecular weight excluding hydrogens is 294 g/mol. The van der Waals surface area contributed by atoms with Crippen molar-refractivity contribution in [2.45, 2.75) is 16.3 Å². The van der Waals surface area contributed by atoms with Crippen LogP contribution in [0.4, 0.5) is 11.4 Å². The van der Waals surface area contributed by atoms with E-state index in [2.05, 4.69) is 4.98 Å². The van der Waals surface area contributed by atoms with Crippen LogP contribution in [0.2, 0.25) is 0 Å². The van der Waals surface area contributed by atoms with E-state index < -0.39 is 0 Å². The lowest BCUT2D eigenvalue weighted by Crippen LogP contribution is -2.31. The van der Waals surface area contributed by atoms with Crippen LogP contribution in [-0.4, -0.2) is 15.5 Å². The second-order valence-corrected chi connectivity index (χ2v) is 6.09. The van der Waals surface area contributed by atoms with Gasteiger partial charge in [0.2, 0.25) is 0 Å². The number of carbonyl (C=O) groups is 1. The zero-order valence-corrected chi connectivity index (χ0v) is 12.5. The molecule has 1 aliphatic rings. The quantitative estimate of drug-likeness (QED) is 0.724. The van der Waals surface area contributed by atoms with Crippen molar-refractivity contribution in [3.8, 4) is 0 Å². The van der Waals surface area contributed by atoms with Crippen LogP contribution < -0.4 is 4.90 Å². The maximum atomic E-state index is 12.9. The minimum atomic E-state index is 0.0261. The van der Waals surface area contributed by atoms with Crippen LogP contribution in [0.25, 0.3) is 0 Å². The first-order valence-corrected chi connectivity index (χ1v) is 7.79. The summed E-state index contributed by atoms with van der Waals surface area (Å²) in [6.07, 6.45) is 5.14. The van der Waals surface area contributed by atoms with E-state index in [1.165, 1.54) is 0 Å². The van der Waals surface area contributed by atoms with Crippen LogP contribution in [0.15, 0.2) is 77.0 Å². The van der Waals surface area contributed by atoms with E-state index in [1.54, 1.807) is 39.9 Å². The highest BCUT2D eigenvalue weighted by Crippen LogP contribution is 2.47. The second kappa shape index (κ2) is 5.35. The summed E-state index contributed by atoms with van der Waals surface area (Å²) >= 11 is 1.70. The second-order valence-electron chi connectivity index (χ2n) is 5.00. The first-order chi connectivity index (χ1) is 10.8. The Hall–Kier alpha value is -2.53. The first kappa shape index (κ1) is 13.2. The van der Waals surface area contributed by atoms with Crippen molar-refractivity contribution in [2.24, 2.45) is 0 Å². The molecule has 108 valence electrons. The van der Waals surface area contributed by atoms with Crippen LogP contribution in [0.1, 0.15) is 0 Å². The van der Waals surface area contributed by atoms with E-state index in [4.69, 9.17) is 0 Å². The third-order valence-electron chi connectivity index (χ3n) is 3.56. The summed E-state index contributed by atoms with van der Waals surface area (Å²) in [4.78, 5) is 20.9. The summed E-state index contributed by atoms with van der Waals surface area (Å²) in [5.41, 5.74) is 1.88. The van der Waals surface area contributed by atoms with E-state index >= 15 is 0 Å². The standard InChI is InChI=1S/C17H13N3OS/c21-17(11-19-10-9-18-12-19)20-13-5-1-3-7-15(13)22-16-8-4-2-6-14(16)20/h1-10,12H,11H2. The van der Waals surface area contributed by atoms with Gasteiger partial charge >= 0.3 is 0 Å². The Labute approximate surface area is 132 Å². The number of amides is 1. The molecule has 0 radical (unpaired) electrons. The number of nitrogens with zero attached hydrogens (tertiary/aromatic N) is 3. The van der Waals surface area contributed by atoms with Crippen molar-refractivity contribution in [1.82, 2.24) is 9.55 Å². The fourth-order valence-corrected chi connectivity index (χ4v) is 3.64. The number of benzene rings is 2. The molecule has 0 aliphatic carbocycles. The number of hydrogen-bond acceptors (Lipinski definition) is 3. The van der Waals surface area contributed by atoms with Crippen LogP contribution in [-0.2, 0) is 11.3 Å². The smallest absolute Gasteiger partial charge is 0.251 e. The molecule has 4 nitrogen and oxygen atoms in total. The maximum Gasteiger partial charge on any atom is 0.251 e. The molecule has 0 spiro atoms. The molecule has 2 aromatic carbocycles. The molecule has 0 unspecified atom stereocenters. The highest BCUT2D eigenvalue weighted by molar-refractivity contribution is 7.99. The maximum absolute atomic E-state index is 12.9. The van der Waals surface area contributed by atoms with Gasteiger partial charge in [-0.05, 0) is 24.3 Å². The number of fused-ring (bicyclic) bond motifs is 2. The molecule has 1 aliphatic heterocycles. The third-order valence-corrected chi connectivity index (χ3v) is 4.69. The lowest BCUT2D eigenvalue weighted by atomic mass is 10.2. The Bertz CT molecular complexity index is 784. The van der Waals surface area contributed by atoms with E-state index in [1.807, 2.05) is 48.5 Å². The van der Waals surface area contributed by atoms with Crippen molar-refractivity contribution >= 4 is 29.0 Å². The largest absolute Gasteiger partial charge is 0.328 e. The van der Waals surface area contributed by atoms with Gasteiger partial charge in [-0.3, -0.25) is 9.69 Å². The van der Waals surface area contributed by atoms with Crippen LogP contribution >= 0.6 is 11.8 Å². The van der Waals surface area contributed by atoms with E-state index in [0.717, 1.165) is 21.2 Å². The Morgan fingerprint density at radius 1 is 1.00 bits per heavy atom. The summed E-state index contributed by atoms with van der Waals surface area (Å²) in [6, 6.07) is 16.0. The van der Waals surface area contributed by atoms with E-state index in [-0.39, 0.29) is 12.5 Å². The van der Waals surface area contributed by atoms with Crippen LogP contribution in [0.5, 0.6) is 0 Å². The molecule has 0 saturated heterocycles. The van der Waals surface area contributed by atoms with Crippen molar-refractivity contribution < 1.29 is 4.79 Å². The minimum Gasteiger partial charge on any atom is -0.328 e. The molecule has 5 heteroatoms. The number of hydrogen-bond donors (Lipinski definition) is 0. The first-order valence-electron chi connectivity index (χ1n) is 6.97. The van der Waals surface area contributed by atoms with Crippen molar-refractivity contribution in [3.05, 3.63) is 67.3 Å². The Balaban J connectivity index is 1.79. The van der Waals surface area contributed by atoms with Crippen LogP contribution in [0.3, 0.4) is 0 Å². The van der Waals surface area contributed by atoms with Crippen molar-refractivity contribution in [1.29, 1.82) is 0 Å². The van der Waals surface area contributed by atoms with Gasteiger partial charge in [-0.1, -0.05) is 36.0 Å². The molecule has 0 atom stereocenters. The van der Waals surface area contributed by atoms with Gasteiger partial charge in [-0.2, -0.15) is 0 Å². The van der Waals surface area contributed by atoms with E-state index in [9.17, 15) is 4.79 Å². The number of aromatic nitrogens is 2. The van der Waals surface area contributed by atoms with Crippen molar-refractivity contribution in [3.63, 3.8) is 0 Å². The summed E-state index contributed by atoms with van der Waals surface area (Å²) in [6.45, 7) is 0.271. The minimum absolute atomic E-state index is 0.0261. The zero-order valence-electron chi connectivity index (χ0n) is 11.7. The highest BCUT2D eigenvalue weighted by atomic mass is 32.2. The molecule has 0 fully saturated rings. The fourth-order valence-electron chi connectivity index (χ4n) is 2.58. The molecule has 22 heavy (non-hydrogen) atoms. The Morgan fingerprint density at radius 2 is 1.64 bits per heavy atom. The Kier molecular flexibility index (Phi) is 3.20. The average Bonchev–Trinajstić information content (AvgIpc) is 3.05. The Morgan fingerprint density at radius 3 is 2.23 bits per heavy atom. The zero-order chi connectivity index (χ0) is 14.9. The lowest BCUT2D eigenvalue weighted by molar-refractivity contribution is -0.118. The molecule has 1 aromatic heterocycles. The monoisotopic (exact) mass is 307 g/mol. The molecule has 0 N–H and O–H groups in total. The molecular formula is C17H13N3OS. The predicted molar refractivity (Wildman–Crippen MR) is 86.4 cm³/mol. The lowest BCUT2D eigenvalue weighted by Gasteiger charge is -2.31. The van der Waals surface area contributed by atoms with Crippen molar-refractivity contribution in [2.75, 3.05) is 4.90 Å². The normalized spacial score (nSPS) is 12.6. The molecule has 3 aromatic rings. The molecule has 4 rings (SSSR count). The molecule has 0 saturated carbocycles. The van der Waals surface area contributed by atoms with Gasteiger partial charge < -0.3 is 4.57 Å². The number of imidazole rings is 1. The van der Waals surface area contributed by atoms with Crippen LogP contribution in [0, 0.1) is 0 Å². The fraction of sp³-hybridized carbons (Fsp3) is 0.0588. The summed E-state index contributed by atoms with van der Waals surface area (Å²) in [7, 11) is 0. The molecule has 1 amide bonds.